The van der Waals surface area contributed by atoms with Crippen LogP contribution in [0.3, 0.4) is 0 Å². The maximum absolute atomic E-state index is 15.2. The van der Waals surface area contributed by atoms with Gasteiger partial charge in [-0.1, -0.05) is 224 Å². The molecular weight excluding hydrogens is 1050 g/mol. The summed E-state index contributed by atoms with van der Waals surface area (Å²) in [5.74, 6) is -0.876. The Morgan fingerprint density at radius 1 is 0.301 bits per heavy atom. The molecular formula is C69H68O14. The quantitative estimate of drug-likeness (QED) is 0.0450. The van der Waals surface area contributed by atoms with Crippen LogP contribution in [0, 0.1) is 0 Å². The van der Waals surface area contributed by atoms with E-state index in [0.29, 0.717) is 5.75 Å². The number of methoxy groups -OCH3 is 1. The number of hydrogen-bond donors (Lipinski definition) is 0. The molecule has 2 aliphatic rings. The SMILES string of the molecule is COc1ccc(CO[C@@H]2[C@H](OCc3ccccc3)[C@@H](OCc3ccccc3)[C@@H](O[C@@H]3[C@H](OCc4ccccc4)[C@@H](OCc4ccccc4)[C@H](OCc4ccccc4)O[C@@H]3C(=O)OCc3ccccc3)O[C@@H]2C(=O)OCc2ccccc2)cc1. The summed E-state index contributed by atoms with van der Waals surface area (Å²) < 4.78 is 80.7. The molecule has 14 nitrogen and oxygen atoms in total. The number of carbonyl (C=O) groups is 2. The molecule has 8 aromatic rings. The van der Waals surface area contributed by atoms with Crippen LogP contribution in [0.15, 0.2) is 237 Å². The normalized spacial score (nSPS) is 22.3. The second kappa shape index (κ2) is 30.4. The molecule has 8 aromatic carbocycles. The Bertz CT molecular complexity index is 3140. The van der Waals surface area contributed by atoms with E-state index < -0.39 is 73.4 Å². The van der Waals surface area contributed by atoms with E-state index in [9.17, 15) is 0 Å². The minimum Gasteiger partial charge on any atom is -0.497 e. The van der Waals surface area contributed by atoms with Crippen molar-refractivity contribution in [3.63, 3.8) is 0 Å². The Morgan fingerprint density at radius 2 is 0.578 bits per heavy atom. The van der Waals surface area contributed by atoms with Crippen LogP contribution in [-0.4, -0.2) is 80.5 Å². The molecule has 0 unspecified atom stereocenters. The minimum atomic E-state index is -1.56. The second-order valence-electron chi connectivity index (χ2n) is 20.1. The fourth-order valence-corrected chi connectivity index (χ4v) is 9.82. The van der Waals surface area contributed by atoms with Crippen molar-refractivity contribution in [1.82, 2.24) is 0 Å². The third-order valence-electron chi connectivity index (χ3n) is 14.2. The second-order valence-corrected chi connectivity index (χ2v) is 20.1. The van der Waals surface area contributed by atoms with Crippen LogP contribution < -0.4 is 4.74 Å². The van der Waals surface area contributed by atoms with Crippen molar-refractivity contribution in [3.05, 3.63) is 281 Å². The molecule has 428 valence electrons. The van der Waals surface area contributed by atoms with Gasteiger partial charge in [0, 0.05) is 0 Å². The van der Waals surface area contributed by atoms with E-state index in [1.165, 1.54) is 0 Å². The highest BCUT2D eigenvalue weighted by atomic mass is 16.8. The zero-order chi connectivity index (χ0) is 56.8. The number of benzene rings is 8. The van der Waals surface area contributed by atoms with Gasteiger partial charge in [-0.3, -0.25) is 0 Å². The van der Waals surface area contributed by atoms with Crippen molar-refractivity contribution >= 4 is 11.9 Å². The average Bonchev–Trinajstić information content (AvgIpc) is 3.65. The van der Waals surface area contributed by atoms with Crippen LogP contribution in [-0.2, 0) is 115 Å². The van der Waals surface area contributed by atoms with E-state index in [1.807, 2.05) is 237 Å². The highest BCUT2D eigenvalue weighted by molar-refractivity contribution is 5.76. The summed E-state index contributed by atoms with van der Waals surface area (Å²) in [7, 11) is 1.60. The Labute approximate surface area is 484 Å². The van der Waals surface area contributed by atoms with Crippen LogP contribution in [0.2, 0.25) is 0 Å². The highest BCUT2D eigenvalue weighted by Gasteiger charge is 2.58. The molecule has 0 saturated carbocycles. The van der Waals surface area contributed by atoms with Gasteiger partial charge in [0.1, 0.15) is 55.6 Å². The van der Waals surface area contributed by atoms with Crippen molar-refractivity contribution in [2.45, 2.75) is 114 Å². The van der Waals surface area contributed by atoms with Crippen molar-refractivity contribution in [2.24, 2.45) is 0 Å². The highest BCUT2D eigenvalue weighted by Crippen LogP contribution is 2.38. The molecule has 10 rings (SSSR count). The lowest BCUT2D eigenvalue weighted by Gasteiger charge is -2.49. The van der Waals surface area contributed by atoms with Gasteiger partial charge in [0.25, 0.3) is 0 Å². The molecule has 10 atom stereocenters. The van der Waals surface area contributed by atoms with E-state index >= 15 is 9.59 Å². The van der Waals surface area contributed by atoms with Crippen LogP contribution >= 0.6 is 0 Å². The predicted molar refractivity (Wildman–Crippen MR) is 308 cm³/mol. The van der Waals surface area contributed by atoms with Gasteiger partial charge in [0.15, 0.2) is 24.8 Å². The van der Waals surface area contributed by atoms with Crippen LogP contribution in [0.5, 0.6) is 5.75 Å². The fourth-order valence-electron chi connectivity index (χ4n) is 9.82. The van der Waals surface area contributed by atoms with Gasteiger partial charge in [-0.15, -0.1) is 0 Å². The van der Waals surface area contributed by atoms with Crippen molar-refractivity contribution in [1.29, 1.82) is 0 Å². The molecule has 0 spiro atoms. The molecule has 83 heavy (non-hydrogen) atoms. The van der Waals surface area contributed by atoms with E-state index in [-0.39, 0.29) is 52.9 Å². The summed E-state index contributed by atoms with van der Waals surface area (Å²) >= 11 is 0. The van der Waals surface area contributed by atoms with E-state index in [0.717, 1.165) is 44.5 Å². The first-order chi connectivity index (χ1) is 40.9. The zero-order valence-corrected chi connectivity index (χ0v) is 46.2. The van der Waals surface area contributed by atoms with Crippen molar-refractivity contribution < 1.29 is 66.4 Å². The Balaban J connectivity index is 1.09. The summed E-state index contributed by atoms with van der Waals surface area (Å²) in [6, 6.07) is 74.3. The number of rotatable bonds is 27. The van der Waals surface area contributed by atoms with Crippen LogP contribution in [0.4, 0.5) is 0 Å². The van der Waals surface area contributed by atoms with Gasteiger partial charge in [0.05, 0.1) is 46.8 Å². The third kappa shape index (κ3) is 16.7. The minimum absolute atomic E-state index is 0.0224. The average molecular weight is 1120 g/mol. The van der Waals surface area contributed by atoms with Gasteiger partial charge >= 0.3 is 11.9 Å². The number of carbonyl (C=O) groups excluding carboxylic acids is 2. The Hall–Kier alpha value is -7.86. The Morgan fingerprint density at radius 3 is 0.952 bits per heavy atom. The summed E-state index contributed by atoms with van der Waals surface area (Å²) in [5, 5.41) is 0. The molecule has 2 fully saturated rings. The lowest BCUT2D eigenvalue weighted by molar-refractivity contribution is -0.369. The fraction of sp³-hybridized carbons (Fsp3) is 0.275. The van der Waals surface area contributed by atoms with Crippen LogP contribution in [0.25, 0.3) is 0 Å². The monoisotopic (exact) mass is 1120 g/mol. The molecule has 2 aliphatic heterocycles. The first-order valence-corrected chi connectivity index (χ1v) is 27.8. The largest absolute Gasteiger partial charge is 0.497 e. The molecule has 2 heterocycles. The van der Waals surface area contributed by atoms with Gasteiger partial charge in [-0.2, -0.15) is 0 Å². The first-order valence-electron chi connectivity index (χ1n) is 27.8. The third-order valence-corrected chi connectivity index (χ3v) is 14.2. The molecule has 14 heteroatoms. The molecule has 0 amide bonds. The summed E-state index contributed by atoms with van der Waals surface area (Å²) in [5.41, 5.74) is 6.48. The summed E-state index contributed by atoms with van der Waals surface area (Å²) in [6.07, 6.45) is -13.0. The summed E-state index contributed by atoms with van der Waals surface area (Å²) in [6.45, 7) is 0.201. The van der Waals surface area contributed by atoms with Crippen molar-refractivity contribution in [3.8, 4) is 5.75 Å². The maximum Gasteiger partial charge on any atom is 0.338 e. The van der Waals surface area contributed by atoms with Crippen LogP contribution in [0.1, 0.15) is 44.5 Å². The lowest BCUT2D eigenvalue weighted by Crippen LogP contribution is -2.67. The van der Waals surface area contributed by atoms with Gasteiger partial charge in [-0.25, -0.2) is 9.59 Å². The lowest BCUT2D eigenvalue weighted by atomic mass is 9.95. The smallest absolute Gasteiger partial charge is 0.338 e. The first kappa shape index (κ1) is 58.3. The standard InChI is InChI=1S/C69H68O14/c1-72-57-39-37-56(38-40-57)45-73-58-59(74-41-49-23-9-2-10-24-49)65(77-44-52-29-15-5-16-30-52)69(83-62(58)66(70)78-46-53-31-17-6-18-32-53)81-61-60(75-42-50-25-11-3-12-26-50)64(76-43-51-27-13-4-14-28-51)68(80-48-55-35-21-8-22-36-55)82-63(61)67(71)79-47-54-33-19-7-20-34-54/h2-40,58-65,68-69H,41-48H2,1H3/t58-,59+,60+,61-,62+,63+,64-,65-,68-,69+/m1/s1. The van der Waals surface area contributed by atoms with E-state index in [1.54, 1.807) is 7.11 Å². The molecule has 0 aliphatic carbocycles. The molecule has 0 radical (unpaired) electrons. The molecule has 0 aromatic heterocycles. The number of esters is 2. The Kier molecular flexibility index (Phi) is 21.4. The van der Waals surface area contributed by atoms with Gasteiger partial charge < -0.3 is 56.8 Å². The van der Waals surface area contributed by atoms with E-state index in [4.69, 9.17) is 56.8 Å². The van der Waals surface area contributed by atoms with Crippen molar-refractivity contribution in [2.75, 3.05) is 7.11 Å². The maximum atomic E-state index is 15.2. The number of hydrogen-bond acceptors (Lipinski definition) is 14. The van der Waals surface area contributed by atoms with E-state index in [2.05, 4.69) is 0 Å². The topological polar surface area (TPSA) is 145 Å². The summed E-state index contributed by atoms with van der Waals surface area (Å²) in [4.78, 5) is 30.3. The molecule has 0 bridgehead atoms. The van der Waals surface area contributed by atoms with Gasteiger partial charge in [-0.05, 0) is 56.6 Å². The molecule has 2 saturated heterocycles. The molecule has 0 N–H and O–H groups in total. The van der Waals surface area contributed by atoms with Gasteiger partial charge in [0.2, 0.25) is 0 Å². The predicted octanol–water partition coefficient (Wildman–Crippen LogP) is 11.5. The zero-order valence-electron chi connectivity index (χ0n) is 46.2. The number of ether oxygens (including phenoxy) is 12.